The molecule has 0 bridgehead atoms. The zero-order chi connectivity index (χ0) is 13.5. The molecule has 1 aromatic rings. The number of sulfone groups is 1. The molecular weight excluding hydrogens is 252 g/mol. The van der Waals surface area contributed by atoms with Gasteiger partial charge in [-0.1, -0.05) is 6.92 Å². The van der Waals surface area contributed by atoms with Crippen molar-refractivity contribution in [3.05, 3.63) is 0 Å². The summed E-state index contributed by atoms with van der Waals surface area (Å²) in [4.78, 5) is 0.134. The maximum Gasteiger partial charge on any atom is 0.182 e. The van der Waals surface area contributed by atoms with E-state index in [9.17, 15) is 8.42 Å². The zero-order valence-electron chi connectivity index (χ0n) is 11.0. The quantitative estimate of drug-likeness (QED) is 0.846. The Morgan fingerprint density at radius 3 is 2.61 bits per heavy atom. The largest absolute Gasteiger partial charge is 0.383 e. The molecule has 18 heavy (non-hydrogen) atoms. The summed E-state index contributed by atoms with van der Waals surface area (Å²) in [7, 11) is -3.37. The highest BCUT2D eigenvalue weighted by atomic mass is 32.2. The molecule has 0 amide bonds. The molecule has 0 aliphatic heterocycles. The second kappa shape index (κ2) is 4.46. The van der Waals surface area contributed by atoms with E-state index in [2.05, 4.69) is 10.4 Å². The van der Waals surface area contributed by atoms with Crippen molar-refractivity contribution in [2.24, 2.45) is 0 Å². The van der Waals surface area contributed by atoms with Crippen molar-refractivity contribution in [3.63, 3.8) is 0 Å². The van der Waals surface area contributed by atoms with E-state index < -0.39 is 9.84 Å². The van der Waals surface area contributed by atoms with Crippen molar-refractivity contribution < 1.29 is 8.42 Å². The minimum Gasteiger partial charge on any atom is -0.383 e. The second-order valence-corrected chi connectivity index (χ2v) is 6.91. The fourth-order valence-electron chi connectivity index (χ4n) is 1.82. The van der Waals surface area contributed by atoms with Crippen LogP contribution in [0.2, 0.25) is 0 Å². The van der Waals surface area contributed by atoms with Crippen molar-refractivity contribution in [1.29, 1.82) is 0 Å². The molecule has 1 heterocycles. The van der Waals surface area contributed by atoms with E-state index in [0.717, 1.165) is 19.3 Å². The van der Waals surface area contributed by atoms with Crippen LogP contribution in [0, 0.1) is 0 Å². The van der Waals surface area contributed by atoms with E-state index in [1.807, 2.05) is 13.8 Å². The summed E-state index contributed by atoms with van der Waals surface area (Å²) in [6, 6.07) is 0.422. The first-order valence-electron chi connectivity index (χ1n) is 6.19. The molecule has 0 saturated heterocycles. The van der Waals surface area contributed by atoms with Gasteiger partial charge in [-0.05, 0) is 26.2 Å². The van der Waals surface area contributed by atoms with Crippen molar-refractivity contribution in [1.82, 2.24) is 9.78 Å². The van der Waals surface area contributed by atoms with E-state index in [1.165, 1.54) is 6.26 Å². The van der Waals surface area contributed by atoms with Gasteiger partial charge < -0.3 is 11.1 Å². The van der Waals surface area contributed by atoms with Crippen LogP contribution in [0.5, 0.6) is 0 Å². The molecule has 1 fully saturated rings. The molecule has 0 spiro atoms. The van der Waals surface area contributed by atoms with Crippen LogP contribution in [0.3, 0.4) is 0 Å². The molecule has 1 aromatic heterocycles. The summed E-state index contributed by atoms with van der Waals surface area (Å²) in [6.45, 7) is 3.98. The van der Waals surface area contributed by atoms with E-state index in [1.54, 1.807) is 4.68 Å². The van der Waals surface area contributed by atoms with E-state index in [-0.39, 0.29) is 16.8 Å². The third kappa shape index (κ3) is 2.45. The predicted molar refractivity (Wildman–Crippen MR) is 71.4 cm³/mol. The smallest absolute Gasteiger partial charge is 0.182 e. The van der Waals surface area contributed by atoms with Crippen molar-refractivity contribution in [3.8, 4) is 0 Å². The monoisotopic (exact) mass is 272 g/mol. The molecule has 1 aliphatic carbocycles. The highest BCUT2D eigenvalue weighted by Crippen LogP contribution is 2.33. The third-order valence-corrected chi connectivity index (χ3v) is 4.34. The zero-order valence-corrected chi connectivity index (χ0v) is 11.8. The van der Waals surface area contributed by atoms with Crippen molar-refractivity contribution in [2.45, 2.75) is 50.1 Å². The summed E-state index contributed by atoms with van der Waals surface area (Å²) >= 11 is 0. The predicted octanol–water partition coefficient (Wildman–Crippen LogP) is 1.41. The summed E-state index contributed by atoms with van der Waals surface area (Å²) in [5, 5.41) is 7.47. The highest BCUT2D eigenvalue weighted by Gasteiger charge is 2.30. The Balaban J connectivity index is 2.49. The van der Waals surface area contributed by atoms with Crippen molar-refractivity contribution >= 4 is 21.5 Å². The Kier molecular flexibility index (Phi) is 3.27. The molecule has 3 N–H and O–H groups in total. The normalized spacial score (nSPS) is 17.7. The van der Waals surface area contributed by atoms with Crippen LogP contribution in [0.15, 0.2) is 4.90 Å². The lowest BCUT2D eigenvalue weighted by Crippen LogP contribution is -2.10. The van der Waals surface area contributed by atoms with Gasteiger partial charge in [0.05, 0.1) is 6.04 Å². The maximum absolute atomic E-state index is 11.8. The molecule has 1 unspecified atom stereocenters. The van der Waals surface area contributed by atoms with Crippen LogP contribution in [0.4, 0.5) is 11.6 Å². The molecule has 0 aromatic carbocycles. The van der Waals surface area contributed by atoms with E-state index in [4.69, 9.17) is 5.73 Å². The number of nitrogens with zero attached hydrogens (tertiary/aromatic N) is 2. The average Bonchev–Trinajstić information content (AvgIpc) is 2.99. The lowest BCUT2D eigenvalue weighted by molar-refractivity contribution is 0.485. The number of nitrogens with one attached hydrogen (secondary N) is 1. The van der Waals surface area contributed by atoms with E-state index in [0.29, 0.717) is 11.9 Å². The first-order valence-corrected chi connectivity index (χ1v) is 8.08. The fraction of sp³-hybridized carbons (Fsp3) is 0.727. The number of anilines is 2. The van der Waals surface area contributed by atoms with Gasteiger partial charge in [-0.25, -0.2) is 13.1 Å². The molecule has 6 nitrogen and oxygen atoms in total. The number of rotatable bonds is 5. The second-order valence-electron chi connectivity index (χ2n) is 4.96. The molecule has 2 rings (SSSR count). The Hall–Kier alpha value is -1.24. The van der Waals surface area contributed by atoms with Crippen molar-refractivity contribution in [2.75, 3.05) is 17.3 Å². The SMILES string of the molecule is CCC(C)n1nc(NC2CC2)c(S(C)(=O)=O)c1N. The highest BCUT2D eigenvalue weighted by molar-refractivity contribution is 7.91. The lowest BCUT2D eigenvalue weighted by atomic mass is 10.3. The van der Waals surface area contributed by atoms with Crippen LogP contribution in [-0.2, 0) is 9.84 Å². The van der Waals surface area contributed by atoms with Gasteiger partial charge in [0.15, 0.2) is 20.6 Å². The van der Waals surface area contributed by atoms with Crippen LogP contribution >= 0.6 is 0 Å². The number of aromatic nitrogens is 2. The topological polar surface area (TPSA) is 90.0 Å². The Labute approximate surface area is 107 Å². The van der Waals surface area contributed by atoms with Crippen LogP contribution in [-0.4, -0.2) is 30.5 Å². The number of hydrogen-bond donors (Lipinski definition) is 2. The summed E-state index contributed by atoms with van der Waals surface area (Å²) in [5.41, 5.74) is 5.94. The first-order chi connectivity index (χ1) is 8.34. The maximum atomic E-state index is 11.8. The number of nitrogen functional groups attached to an aromatic ring is 1. The number of nitrogens with two attached hydrogens (primary N) is 1. The first kappa shape index (κ1) is 13.2. The van der Waals surface area contributed by atoms with Gasteiger partial charge in [-0.3, -0.25) is 0 Å². The van der Waals surface area contributed by atoms with Gasteiger partial charge in [-0.2, -0.15) is 5.10 Å². The molecule has 1 atom stereocenters. The van der Waals surface area contributed by atoms with Gasteiger partial charge in [0, 0.05) is 12.3 Å². The standard InChI is InChI=1S/C11H20N4O2S/c1-4-7(2)15-10(12)9(18(3,16)17)11(14-15)13-8-5-6-8/h7-8H,4-6,12H2,1-3H3,(H,13,14). The Bertz CT molecular complexity index is 546. The molecule has 0 radical (unpaired) electrons. The van der Waals surface area contributed by atoms with Crippen LogP contribution in [0.25, 0.3) is 0 Å². The Morgan fingerprint density at radius 1 is 1.56 bits per heavy atom. The van der Waals surface area contributed by atoms with Crippen LogP contribution in [0.1, 0.15) is 39.2 Å². The van der Waals surface area contributed by atoms with Crippen LogP contribution < -0.4 is 11.1 Å². The minimum atomic E-state index is -3.37. The molecular formula is C11H20N4O2S. The fourth-order valence-corrected chi connectivity index (χ4v) is 2.75. The lowest BCUT2D eigenvalue weighted by Gasteiger charge is -2.10. The molecule has 7 heteroatoms. The molecule has 1 aliphatic rings. The Morgan fingerprint density at radius 2 is 2.17 bits per heavy atom. The minimum absolute atomic E-state index is 0.0836. The number of hydrogen-bond acceptors (Lipinski definition) is 5. The molecule has 1 saturated carbocycles. The summed E-state index contributed by atoms with van der Waals surface area (Å²) < 4.78 is 25.3. The van der Waals surface area contributed by atoms with Gasteiger partial charge >= 0.3 is 0 Å². The summed E-state index contributed by atoms with van der Waals surface area (Å²) in [5.74, 6) is 0.632. The third-order valence-electron chi connectivity index (χ3n) is 3.20. The summed E-state index contributed by atoms with van der Waals surface area (Å²) in [6.07, 6.45) is 4.12. The van der Waals surface area contributed by atoms with Gasteiger partial charge in [0.25, 0.3) is 0 Å². The van der Waals surface area contributed by atoms with Gasteiger partial charge in [-0.15, -0.1) is 0 Å². The molecule has 102 valence electrons. The van der Waals surface area contributed by atoms with E-state index >= 15 is 0 Å². The van der Waals surface area contributed by atoms with Gasteiger partial charge in [0.1, 0.15) is 5.82 Å². The average molecular weight is 272 g/mol. The van der Waals surface area contributed by atoms with Gasteiger partial charge in [0.2, 0.25) is 0 Å².